The van der Waals surface area contributed by atoms with Crippen molar-refractivity contribution in [2.75, 3.05) is 11.9 Å². The first kappa shape index (κ1) is 20.3. The summed E-state index contributed by atoms with van der Waals surface area (Å²) in [6.45, 7) is 8.26. The van der Waals surface area contributed by atoms with Crippen LogP contribution in [0.4, 0.5) is 5.69 Å². The van der Waals surface area contributed by atoms with Gasteiger partial charge in [-0.3, -0.25) is 4.79 Å². The number of carbonyl (C=O) groups is 1. The van der Waals surface area contributed by atoms with Crippen molar-refractivity contribution in [1.82, 2.24) is 0 Å². The summed E-state index contributed by atoms with van der Waals surface area (Å²) in [5, 5.41) is 2.84. The number of hydrogen-bond acceptors (Lipinski definition) is 3. The molecular weight excluding hydrogens is 394 g/mol. The Hall–Kier alpha value is -2.01. The van der Waals surface area contributed by atoms with Gasteiger partial charge in [0.15, 0.2) is 6.61 Å². The van der Waals surface area contributed by atoms with Gasteiger partial charge in [0.1, 0.15) is 11.5 Å². The molecule has 0 radical (unpaired) electrons. The van der Waals surface area contributed by atoms with Crippen molar-refractivity contribution in [1.29, 1.82) is 0 Å². The fraction of sp³-hybridized carbons (Fsp3) is 0.381. The number of amides is 1. The van der Waals surface area contributed by atoms with Crippen LogP contribution in [0, 0.1) is 0 Å². The molecule has 140 valence electrons. The third-order valence-corrected chi connectivity index (χ3v) is 4.50. The molecule has 0 heterocycles. The SMILES string of the molecule is CCC(C)Oc1ccc(NC(=O)COc2ccc(Br)cc2C(C)C)cc1. The molecule has 0 spiro atoms. The Kier molecular flexibility index (Phi) is 7.51. The van der Waals surface area contributed by atoms with Gasteiger partial charge in [0.05, 0.1) is 6.10 Å². The van der Waals surface area contributed by atoms with Crippen molar-refractivity contribution >= 4 is 27.5 Å². The molecule has 1 unspecified atom stereocenters. The van der Waals surface area contributed by atoms with Gasteiger partial charge in [-0.25, -0.2) is 0 Å². The zero-order valence-electron chi connectivity index (χ0n) is 15.7. The molecule has 26 heavy (non-hydrogen) atoms. The summed E-state index contributed by atoms with van der Waals surface area (Å²) in [7, 11) is 0. The van der Waals surface area contributed by atoms with E-state index in [1.165, 1.54) is 0 Å². The first-order valence-corrected chi connectivity index (χ1v) is 9.67. The summed E-state index contributed by atoms with van der Waals surface area (Å²) in [5.41, 5.74) is 1.79. The van der Waals surface area contributed by atoms with Gasteiger partial charge >= 0.3 is 0 Å². The summed E-state index contributed by atoms with van der Waals surface area (Å²) >= 11 is 3.47. The highest BCUT2D eigenvalue weighted by atomic mass is 79.9. The van der Waals surface area contributed by atoms with Crippen molar-refractivity contribution < 1.29 is 14.3 Å². The number of carbonyl (C=O) groups excluding carboxylic acids is 1. The summed E-state index contributed by atoms with van der Waals surface area (Å²) in [6, 6.07) is 13.2. The van der Waals surface area contributed by atoms with Crippen LogP contribution in [-0.2, 0) is 4.79 Å². The van der Waals surface area contributed by atoms with Gasteiger partial charge in [0.2, 0.25) is 0 Å². The molecule has 5 heteroatoms. The number of benzene rings is 2. The van der Waals surface area contributed by atoms with Crippen LogP contribution in [0.3, 0.4) is 0 Å². The lowest BCUT2D eigenvalue weighted by molar-refractivity contribution is -0.118. The normalized spacial score (nSPS) is 11.9. The summed E-state index contributed by atoms with van der Waals surface area (Å²) in [5.74, 6) is 1.64. The molecule has 0 saturated carbocycles. The molecule has 0 aliphatic carbocycles. The van der Waals surface area contributed by atoms with Gasteiger partial charge < -0.3 is 14.8 Å². The van der Waals surface area contributed by atoms with E-state index in [4.69, 9.17) is 9.47 Å². The molecule has 0 aliphatic rings. The Morgan fingerprint density at radius 2 is 1.81 bits per heavy atom. The number of ether oxygens (including phenoxy) is 2. The van der Waals surface area contributed by atoms with Crippen LogP contribution in [0.5, 0.6) is 11.5 Å². The molecule has 1 atom stereocenters. The third-order valence-electron chi connectivity index (χ3n) is 4.00. The Morgan fingerprint density at radius 3 is 2.42 bits per heavy atom. The number of halogens is 1. The van der Waals surface area contributed by atoms with Crippen molar-refractivity contribution in [3.8, 4) is 11.5 Å². The van der Waals surface area contributed by atoms with E-state index in [9.17, 15) is 4.79 Å². The number of hydrogen-bond donors (Lipinski definition) is 1. The van der Waals surface area contributed by atoms with Crippen LogP contribution in [0.15, 0.2) is 46.9 Å². The van der Waals surface area contributed by atoms with Crippen LogP contribution >= 0.6 is 15.9 Å². The summed E-state index contributed by atoms with van der Waals surface area (Å²) in [6.07, 6.45) is 1.12. The molecule has 0 aromatic heterocycles. The van der Waals surface area contributed by atoms with Crippen molar-refractivity contribution in [2.24, 2.45) is 0 Å². The molecule has 0 fully saturated rings. The second-order valence-electron chi connectivity index (χ2n) is 6.53. The minimum atomic E-state index is -0.196. The standard InChI is InChI=1S/C21H26BrNO3/c1-5-15(4)26-18-9-7-17(8-10-18)23-21(24)13-25-20-11-6-16(22)12-19(20)14(2)3/h6-12,14-15H,5,13H2,1-4H3,(H,23,24). The van der Waals surface area contributed by atoms with Crippen LogP contribution in [-0.4, -0.2) is 18.6 Å². The molecule has 2 rings (SSSR count). The van der Waals surface area contributed by atoms with Gasteiger partial charge in [-0.15, -0.1) is 0 Å². The Labute approximate surface area is 164 Å². The second kappa shape index (κ2) is 9.62. The van der Waals surface area contributed by atoms with Gasteiger partial charge in [-0.2, -0.15) is 0 Å². The number of anilines is 1. The molecule has 0 aliphatic heterocycles. The predicted molar refractivity (Wildman–Crippen MR) is 109 cm³/mol. The van der Waals surface area contributed by atoms with E-state index < -0.39 is 0 Å². The van der Waals surface area contributed by atoms with Crippen LogP contribution in [0.25, 0.3) is 0 Å². The van der Waals surface area contributed by atoms with Crippen molar-refractivity contribution in [2.45, 2.75) is 46.1 Å². The minimum Gasteiger partial charge on any atom is -0.491 e. The number of rotatable bonds is 8. The summed E-state index contributed by atoms with van der Waals surface area (Å²) < 4.78 is 12.5. The first-order chi connectivity index (χ1) is 12.4. The minimum absolute atomic E-state index is 0.0352. The van der Waals surface area contributed by atoms with Crippen LogP contribution < -0.4 is 14.8 Å². The zero-order valence-corrected chi connectivity index (χ0v) is 17.3. The number of nitrogens with one attached hydrogen (secondary N) is 1. The average molecular weight is 420 g/mol. The lowest BCUT2D eigenvalue weighted by Crippen LogP contribution is -2.20. The van der Waals surface area contributed by atoms with Crippen molar-refractivity contribution in [3.05, 3.63) is 52.5 Å². The summed E-state index contributed by atoms with van der Waals surface area (Å²) in [4.78, 5) is 12.2. The molecule has 0 saturated heterocycles. The highest BCUT2D eigenvalue weighted by molar-refractivity contribution is 9.10. The predicted octanol–water partition coefficient (Wildman–Crippen LogP) is 5.77. The fourth-order valence-corrected chi connectivity index (χ4v) is 2.75. The lowest BCUT2D eigenvalue weighted by Gasteiger charge is -2.15. The highest BCUT2D eigenvalue weighted by Crippen LogP contribution is 2.29. The zero-order chi connectivity index (χ0) is 19.1. The van der Waals surface area contributed by atoms with Gasteiger partial charge in [-0.05, 0) is 67.3 Å². The van der Waals surface area contributed by atoms with E-state index in [0.29, 0.717) is 5.92 Å². The van der Waals surface area contributed by atoms with E-state index in [0.717, 1.165) is 33.6 Å². The van der Waals surface area contributed by atoms with E-state index >= 15 is 0 Å². The van der Waals surface area contributed by atoms with Gasteiger partial charge in [-0.1, -0.05) is 36.7 Å². The maximum Gasteiger partial charge on any atom is 0.262 e. The van der Waals surface area contributed by atoms with Gasteiger partial charge in [0, 0.05) is 10.2 Å². The molecule has 2 aromatic rings. The molecule has 4 nitrogen and oxygen atoms in total. The van der Waals surface area contributed by atoms with Crippen LogP contribution in [0.2, 0.25) is 0 Å². The largest absolute Gasteiger partial charge is 0.491 e. The molecule has 2 aromatic carbocycles. The van der Waals surface area contributed by atoms with E-state index in [1.54, 1.807) is 0 Å². The average Bonchev–Trinajstić information content (AvgIpc) is 2.62. The molecule has 1 N–H and O–H groups in total. The van der Waals surface area contributed by atoms with E-state index in [2.05, 4.69) is 42.0 Å². The van der Waals surface area contributed by atoms with E-state index in [-0.39, 0.29) is 18.6 Å². The fourth-order valence-electron chi connectivity index (χ4n) is 2.37. The lowest BCUT2D eigenvalue weighted by atomic mass is 10.0. The quantitative estimate of drug-likeness (QED) is 0.590. The molecule has 1 amide bonds. The highest BCUT2D eigenvalue weighted by Gasteiger charge is 2.11. The third kappa shape index (κ3) is 6.06. The maximum atomic E-state index is 12.2. The van der Waals surface area contributed by atoms with E-state index in [1.807, 2.05) is 49.4 Å². The second-order valence-corrected chi connectivity index (χ2v) is 7.45. The maximum absolute atomic E-state index is 12.2. The monoisotopic (exact) mass is 419 g/mol. The Morgan fingerprint density at radius 1 is 1.12 bits per heavy atom. The Balaban J connectivity index is 1.91. The molecule has 0 bridgehead atoms. The molecular formula is C21H26BrNO3. The first-order valence-electron chi connectivity index (χ1n) is 8.87. The van der Waals surface area contributed by atoms with Crippen LogP contribution in [0.1, 0.15) is 45.6 Å². The smallest absolute Gasteiger partial charge is 0.262 e. The Bertz CT molecular complexity index is 729. The van der Waals surface area contributed by atoms with Crippen molar-refractivity contribution in [3.63, 3.8) is 0 Å². The topological polar surface area (TPSA) is 47.6 Å². The van der Waals surface area contributed by atoms with Gasteiger partial charge in [0.25, 0.3) is 5.91 Å².